The number of nitrogens with one attached hydrogen (secondary N) is 1. The number of rotatable bonds is 9. The van der Waals surface area contributed by atoms with Gasteiger partial charge < -0.3 is 14.8 Å². The molecule has 19 heavy (non-hydrogen) atoms. The van der Waals surface area contributed by atoms with Crippen molar-refractivity contribution in [3.05, 3.63) is 22.2 Å². The van der Waals surface area contributed by atoms with Gasteiger partial charge in [0.25, 0.3) is 0 Å². The predicted octanol–water partition coefficient (Wildman–Crippen LogP) is 3.79. The van der Waals surface area contributed by atoms with E-state index in [9.17, 15) is 0 Å². The van der Waals surface area contributed by atoms with Gasteiger partial charge in [0.1, 0.15) is 0 Å². The third-order valence-electron chi connectivity index (χ3n) is 2.68. The molecule has 1 aromatic carbocycles. The molecule has 0 atom stereocenters. The van der Waals surface area contributed by atoms with E-state index in [0.29, 0.717) is 6.61 Å². The lowest BCUT2D eigenvalue weighted by Gasteiger charge is -2.15. The first-order valence-electron chi connectivity index (χ1n) is 6.95. The van der Waals surface area contributed by atoms with Crippen molar-refractivity contribution in [1.29, 1.82) is 0 Å². The molecule has 0 heterocycles. The third-order valence-corrected chi connectivity index (χ3v) is 3.42. The first-order valence-corrected chi connectivity index (χ1v) is 7.74. The Labute approximate surface area is 124 Å². The van der Waals surface area contributed by atoms with Crippen LogP contribution in [0.25, 0.3) is 0 Å². The summed E-state index contributed by atoms with van der Waals surface area (Å²) >= 11 is 3.61. The zero-order valence-corrected chi connectivity index (χ0v) is 13.7. The summed E-state index contributed by atoms with van der Waals surface area (Å²) in [6, 6.07) is 4.10. The maximum absolute atomic E-state index is 5.79. The molecule has 0 aliphatic rings. The minimum absolute atomic E-state index is 0.713. The summed E-state index contributed by atoms with van der Waals surface area (Å²) in [5.41, 5.74) is 1.24. The maximum atomic E-state index is 5.79. The summed E-state index contributed by atoms with van der Waals surface area (Å²) in [6.45, 7) is 6.58. The van der Waals surface area contributed by atoms with Gasteiger partial charge in [-0.1, -0.05) is 29.8 Å². The lowest BCUT2D eigenvalue weighted by Crippen LogP contribution is -2.11. The van der Waals surface area contributed by atoms with Crippen LogP contribution in [0.4, 0.5) is 0 Å². The molecule has 0 aromatic heterocycles. The fourth-order valence-electron chi connectivity index (χ4n) is 1.68. The van der Waals surface area contributed by atoms with E-state index in [1.165, 1.54) is 5.56 Å². The quantitative estimate of drug-likeness (QED) is 0.747. The topological polar surface area (TPSA) is 30.5 Å². The van der Waals surface area contributed by atoms with Gasteiger partial charge in [0, 0.05) is 4.47 Å². The Hall–Kier alpha value is -0.740. The molecule has 0 aliphatic carbocycles. The van der Waals surface area contributed by atoms with Gasteiger partial charge in [0.2, 0.25) is 0 Å². The molecule has 0 fully saturated rings. The molecule has 0 unspecified atom stereocenters. The third kappa shape index (κ3) is 5.41. The van der Waals surface area contributed by atoms with Crippen molar-refractivity contribution in [3.8, 4) is 11.5 Å². The Bertz CT molecular complexity index is 383. The van der Waals surface area contributed by atoms with Gasteiger partial charge >= 0.3 is 0 Å². The Morgan fingerprint density at radius 3 is 2.16 bits per heavy atom. The largest absolute Gasteiger partial charge is 0.490 e. The second kappa shape index (κ2) is 9.21. The SMILES string of the molecule is CCCOc1cc(Br)c(CCNC)cc1OCCC. The second-order valence-corrected chi connectivity index (χ2v) is 5.30. The van der Waals surface area contributed by atoms with E-state index < -0.39 is 0 Å². The highest BCUT2D eigenvalue weighted by atomic mass is 79.9. The zero-order chi connectivity index (χ0) is 14.1. The number of ether oxygens (including phenoxy) is 2. The van der Waals surface area contributed by atoms with Crippen LogP contribution >= 0.6 is 15.9 Å². The molecule has 0 spiro atoms. The van der Waals surface area contributed by atoms with Crippen LogP contribution in [0.1, 0.15) is 32.3 Å². The summed E-state index contributed by atoms with van der Waals surface area (Å²) in [6.07, 6.45) is 2.95. The molecule has 0 aliphatic heterocycles. The number of hydrogen-bond acceptors (Lipinski definition) is 3. The Morgan fingerprint density at radius 2 is 1.63 bits per heavy atom. The summed E-state index contributed by atoms with van der Waals surface area (Å²) in [5.74, 6) is 1.68. The zero-order valence-electron chi connectivity index (χ0n) is 12.1. The lowest BCUT2D eigenvalue weighted by atomic mass is 10.1. The highest BCUT2D eigenvalue weighted by molar-refractivity contribution is 9.10. The van der Waals surface area contributed by atoms with E-state index in [0.717, 1.165) is 48.4 Å². The lowest BCUT2D eigenvalue weighted by molar-refractivity contribution is 0.268. The van der Waals surface area contributed by atoms with Crippen LogP contribution in [-0.4, -0.2) is 26.8 Å². The first kappa shape index (κ1) is 16.3. The molecule has 1 aromatic rings. The normalized spacial score (nSPS) is 10.5. The van der Waals surface area contributed by atoms with Gasteiger partial charge in [-0.05, 0) is 50.6 Å². The fraction of sp³-hybridized carbons (Fsp3) is 0.600. The van der Waals surface area contributed by atoms with Crippen molar-refractivity contribution in [1.82, 2.24) is 5.32 Å². The molecule has 0 bridgehead atoms. The highest BCUT2D eigenvalue weighted by Crippen LogP contribution is 2.34. The van der Waals surface area contributed by atoms with Crippen LogP contribution in [-0.2, 0) is 6.42 Å². The van der Waals surface area contributed by atoms with E-state index in [2.05, 4.69) is 41.2 Å². The first-order chi connectivity index (χ1) is 9.22. The average molecular weight is 330 g/mol. The van der Waals surface area contributed by atoms with Crippen LogP contribution in [0, 0.1) is 0 Å². The van der Waals surface area contributed by atoms with Gasteiger partial charge in [0.05, 0.1) is 13.2 Å². The van der Waals surface area contributed by atoms with E-state index >= 15 is 0 Å². The van der Waals surface area contributed by atoms with Crippen LogP contribution < -0.4 is 14.8 Å². The number of likely N-dealkylation sites (N-methyl/N-ethyl adjacent to an activating group) is 1. The molecular weight excluding hydrogens is 306 g/mol. The number of hydrogen-bond donors (Lipinski definition) is 1. The monoisotopic (exact) mass is 329 g/mol. The van der Waals surface area contributed by atoms with E-state index in [1.807, 2.05) is 13.1 Å². The molecule has 0 amide bonds. The Morgan fingerprint density at radius 1 is 1.05 bits per heavy atom. The minimum atomic E-state index is 0.713. The number of benzene rings is 1. The highest BCUT2D eigenvalue weighted by Gasteiger charge is 2.10. The van der Waals surface area contributed by atoms with Gasteiger partial charge in [-0.15, -0.1) is 0 Å². The molecule has 1 rings (SSSR count). The van der Waals surface area contributed by atoms with Crippen LogP contribution in [0.3, 0.4) is 0 Å². The molecular formula is C15H24BrNO2. The summed E-state index contributed by atoms with van der Waals surface area (Å²) < 4.78 is 12.6. The Kier molecular flexibility index (Phi) is 7.91. The van der Waals surface area contributed by atoms with E-state index in [-0.39, 0.29) is 0 Å². The molecule has 0 saturated heterocycles. The van der Waals surface area contributed by atoms with Crippen molar-refractivity contribution >= 4 is 15.9 Å². The molecule has 4 heteroatoms. The standard InChI is InChI=1S/C15H24BrNO2/c1-4-8-18-14-10-12(6-7-17-3)13(16)11-15(14)19-9-5-2/h10-11,17H,4-9H2,1-3H3. The van der Waals surface area contributed by atoms with Crippen LogP contribution in [0.2, 0.25) is 0 Å². The van der Waals surface area contributed by atoms with Crippen molar-refractivity contribution in [2.45, 2.75) is 33.1 Å². The van der Waals surface area contributed by atoms with E-state index in [4.69, 9.17) is 9.47 Å². The van der Waals surface area contributed by atoms with Crippen molar-refractivity contribution in [2.24, 2.45) is 0 Å². The van der Waals surface area contributed by atoms with Gasteiger partial charge in [-0.3, -0.25) is 0 Å². The van der Waals surface area contributed by atoms with Crippen LogP contribution in [0.15, 0.2) is 16.6 Å². The molecule has 0 saturated carbocycles. The summed E-state index contributed by atoms with van der Waals surface area (Å²) in [5, 5.41) is 3.16. The van der Waals surface area contributed by atoms with Crippen molar-refractivity contribution in [2.75, 3.05) is 26.8 Å². The summed E-state index contributed by atoms with van der Waals surface area (Å²) in [4.78, 5) is 0. The van der Waals surface area contributed by atoms with Gasteiger partial charge in [0.15, 0.2) is 11.5 Å². The predicted molar refractivity (Wildman–Crippen MR) is 83.3 cm³/mol. The maximum Gasteiger partial charge on any atom is 0.162 e. The molecule has 1 N–H and O–H groups in total. The van der Waals surface area contributed by atoms with E-state index in [1.54, 1.807) is 0 Å². The summed E-state index contributed by atoms with van der Waals surface area (Å²) in [7, 11) is 1.96. The van der Waals surface area contributed by atoms with Crippen molar-refractivity contribution < 1.29 is 9.47 Å². The minimum Gasteiger partial charge on any atom is -0.490 e. The van der Waals surface area contributed by atoms with Gasteiger partial charge in [-0.2, -0.15) is 0 Å². The van der Waals surface area contributed by atoms with Crippen LogP contribution in [0.5, 0.6) is 11.5 Å². The average Bonchev–Trinajstić information content (AvgIpc) is 2.42. The second-order valence-electron chi connectivity index (χ2n) is 4.44. The smallest absolute Gasteiger partial charge is 0.162 e. The molecule has 108 valence electrons. The fourth-order valence-corrected chi connectivity index (χ4v) is 2.20. The van der Waals surface area contributed by atoms with Crippen molar-refractivity contribution in [3.63, 3.8) is 0 Å². The molecule has 0 radical (unpaired) electrons. The Balaban J connectivity index is 2.91. The van der Waals surface area contributed by atoms with Gasteiger partial charge in [-0.25, -0.2) is 0 Å². The number of halogens is 1. The molecule has 3 nitrogen and oxygen atoms in total.